The van der Waals surface area contributed by atoms with Crippen LogP contribution >= 0.6 is 0 Å². The number of carbonyl (C=O) groups excluding carboxylic acids is 3. The largest absolute Gasteiger partial charge is 0.489 e. The highest BCUT2D eigenvalue weighted by molar-refractivity contribution is 6.15. The Morgan fingerprint density at radius 3 is 1.66 bits per heavy atom. The van der Waals surface area contributed by atoms with Crippen LogP contribution in [0.15, 0.2) is 113 Å². The van der Waals surface area contributed by atoms with Gasteiger partial charge in [-0.1, -0.05) is 36.4 Å². The van der Waals surface area contributed by atoms with E-state index >= 15 is 0 Å². The van der Waals surface area contributed by atoms with E-state index in [4.69, 9.17) is 38.4 Å². The molecule has 0 spiro atoms. The second-order valence-corrected chi connectivity index (χ2v) is 14.4. The molecular formula is C46H40N4O9. The lowest BCUT2D eigenvalue weighted by atomic mass is 10.1. The van der Waals surface area contributed by atoms with Crippen LogP contribution in [0.25, 0.3) is 0 Å². The molecule has 0 saturated carbocycles. The minimum atomic E-state index is -0.144. The Morgan fingerprint density at radius 2 is 1.10 bits per heavy atom. The molecule has 5 aromatic carbocycles. The number of anilines is 2. The minimum Gasteiger partial charge on any atom is -0.489 e. The van der Waals surface area contributed by atoms with Gasteiger partial charge >= 0.3 is 0 Å². The fourth-order valence-corrected chi connectivity index (χ4v) is 7.75. The van der Waals surface area contributed by atoms with Crippen LogP contribution in [0.4, 0.5) is 22.7 Å². The molecule has 59 heavy (non-hydrogen) atoms. The van der Waals surface area contributed by atoms with Crippen LogP contribution in [-0.4, -0.2) is 69.6 Å². The van der Waals surface area contributed by atoms with Gasteiger partial charge in [-0.3, -0.25) is 29.4 Å². The van der Waals surface area contributed by atoms with Crippen molar-refractivity contribution in [1.29, 1.82) is 0 Å². The molecule has 4 aliphatic heterocycles. The third kappa shape index (κ3) is 8.08. The Kier molecular flexibility index (Phi) is 10.9. The molecular weight excluding hydrogens is 753 g/mol. The first-order valence-electron chi connectivity index (χ1n) is 19.4. The molecule has 5 aromatic rings. The molecule has 4 heterocycles. The van der Waals surface area contributed by atoms with Gasteiger partial charge in [0.25, 0.3) is 11.8 Å². The van der Waals surface area contributed by atoms with Crippen LogP contribution in [0, 0.1) is 0 Å². The molecule has 0 bridgehead atoms. The maximum atomic E-state index is 13.7. The Bertz CT molecular complexity index is 2310. The molecule has 2 amide bonds. The van der Waals surface area contributed by atoms with Crippen molar-refractivity contribution in [3.63, 3.8) is 0 Å². The van der Waals surface area contributed by atoms with E-state index in [0.29, 0.717) is 46.2 Å². The summed E-state index contributed by atoms with van der Waals surface area (Å²) in [5.74, 6) is 1.44. The van der Waals surface area contributed by atoms with E-state index in [9.17, 15) is 14.4 Å². The number of para-hydroxylation sites is 2. The monoisotopic (exact) mass is 792 g/mol. The van der Waals surface area contributed by atoms with Gasteiger partial charge < -0.3 is 33.2 Å². The molecule has 0 fully saturated rings. The molecule has 0 aliphatic carbocycles. The van der Waals surface area contributed by atoms with Crippen molar-refractivity contribution in [2.45, 2.75) is 44.6 Å². The van der Waals surface area contributed by atoms with E-state index in [1.807, 2.05) is 89.0 Å². The first kappa shape index (κ1) is 37.9. The first-order valence-corrected chi connectivity index (χ1v) is 19.4. The lowest BCUT2D eigenvalue weighted by molar-refractivity contribution is -0.153. The number of benzene rings is 5. The van der Waals surface area contributed by atoms with Crippen LogP contribution in [0.1, 0.15) is 49.4 Å². The molecule has 298 valence electrons. The molecule has 0 unspecified atom stereocenters. The summed E-state index contributed by atoms with van der Waals surface area (Å²) >= 11 is 0. The van der Waals surface area contributed by atoms with Crippen molar-refractivity contribution in [1.82, 2.24) is 0 Å². The van der Waals surface area contributed by atoms with Crippen molar-refractivity contribution >= 4 is 53.3 Å². The van der Waals surface area contributed by atoms with Crippen molar-refractivity contribution in [2.24, 2.45) is 9.98 Å². The molecule has 4 aliphatic rings. The van der Waals surface area contributed by atoms with Gasteiger partial charge in [-0.2, -0.15) is 0 Å². The Morgan fingerprint density at radius 1 is 0.576 bits per heavy atom. The zero-order valence-corrected chi connectivity index (χ0v) is 32.0. The second-order valence-electron chi connectivity index (χ2n) is 14.4. The zero-order valence-electron chi connectivity index (χ0n) is 32.0. The fourth-order valence-electron chi connectivity index (χ4n) is 7.75. The van der Waals surface area contributed by atoms with E-state index in [2.05, 4.69) is 0 Å². The van der Waals surface area contributed by atoms with Crippen LogP contribution in [0.2, 0.25) is 0 Å². The highest BCUT2D eigenvalue weighted by atomic mass is 16.8. The van der Waals surface area contributed by atoms with Crippen molar-refractivity contribution < 1.29 is 42.8 Å². The highest BCUT2D eigenvalue weighted by Gasteiger charge is 2.37. The standard InChI is InChI=1S/C46H40N4O9/c51-14-5-15-54-27-55-28-56-29-59-38-17-30(25-57-36-10-12-39-41(21-36)47-23-34-19-32-6-1-3-8-43(32)49(34)45(39)52)16-31(18-38)26-58-37-11-13-40-42(22-37)48-24-35-20-33-7-2-4-9-44(33)50(35)46(40)53/h1-4,6-14,16-18,21-24,34-35H,5,15,19-20,25-29H2/t34-,35-/m0/s1. The van der Waals surface area contributed by atoms with Crippen molar-refractivity contribution in [3.05, 3.63) is 137 Å². The van der Waals surface area contributed by atoms with Gasteiger partial charge in [0.1, 0.15) is 43.5 Å². The summed E-state index contributed by atoms with van der Waals surface area (Å²) in [6, 6.07) is 31.9. The molecule has 13 heteroatoms. The normalized spacial score (nSPS) is 16.9. The predicted molar refractivity (Wildman–Crippen MR) is 220 cm³/mol. The lowest BCUT2D eigenvalue weighted by Gasteiger charge is -2.21. The van der Waals surface area contributed by atoms with Crippen LogP contribution in [-0.2, 0) is 45.1 Å². The number of amides is 2. The van der Waals surface area contributed by atoms with Gasteiger partial charge in [0.05, 0.1) is 41.2 Å². The third-order valence-electron chi connectivity index (χ3n) is 10.5. The van der Waals surface area contributed by atoms with Gasteiger partial charge in [0.15, 0.2) is 13.6 Å². The van der Waals surface area contributed by atoms with Gasteiger partial charge in [-0.15, -0.1) is 0 Å². The number of nitrogens with zero attached hydrogens (tertiary/aromatic N) is 4. The molecule has 0 N–H and O–H groups in total. The average Bonchev–Trinajstić information content (AvgIpc) is 3.75. The summed E-state index contributed by atoms with van der Waals surface area (Å²) in [7, 11) is 0. The van der Waals surface area contributed by atoms with Gasteiger partial charge in [0.2, 0.25) is 0 Å². The number of carbonyl (C=O) groups is 3. The summed E-state index contributed by atoms with van der Waals surface area (Å²) in [4.78, 5) is 50.9. The summed E-state index contributed by atoms with van der Waals surface area (Å²) in [5.41, 5.74) is 7.81. The predicted octanol–water partition coefficient (Wildman–Crippen LogP) is 7.31. The van der Waals surface area contributed by atoms with E-state index in [-0.39, 0.29) is 64.1 Å². The summed E-state index contributed by atoms with van der Waals surface area (Å²) in [6.45, 7) is 0.463. The van der Waals surface area contributed by atoms with Gasteiger partial charge in [0, 0.05) is 55.2 Å². The number of aldehydes is 1. The zero-order chi connectivity index (χ0) is 40.1. The number of aliphatic imine (C=N–C) groups is 2. The van der Waals surface area contributed by atoms with E-state index in [1.165, 1.54) is 0 Å². The lowest BCUT2D eigenvalue weighted by Crippen LogP contribution is -2.37. The van der Waals surface area contributed by atoms with E-state index < -0.39 is 0 Å². The Balaban J connectivity index is 0.884. The summed E-state index contributed by atoms with van der Waals surface area (Å²) < 4.78 is 34.4. The van der Waals surface area contributed by atoms with Gasteiger partial charge in [-0.05, 0) is 76.9 Å². The Labute approximate surface area is 340 Å². The topological polar surface area (TPSA) is 138 Å². The number of rotatable bonds is 16. The van der Waals surface area contributed by atoms with Crippen LogP contribution in [0.3, 0.4) is 0 Å². The summed E-state index contributed by atoms with van der Waals surface area (Å²) in [5, 5.41) is 0. The van der Waals surface area contributed by atoms with E-state index in [0.717, 1.165) is 52.8 Å². The Hall–Kier alpha value is -6.67. The summed E-state index contributed by atoms with van der Waals surface area (Å²) in [6.07, 6.45) is 6.19. The molecule has 2 atom stereocenters. The van der Waals surface area contributed by atoms with Crippen LogP contribution in [0.5, 0.6) is 17.2 Å². The number of hydrogen-bond acceptors (Lipinski definition) is 11. The molecule has 0 saturated heterocycles. The average molecular weight is 793 g/mol. The maximum absolute atomic E-state index is 13.7. The molecule has 0 radical (unpaired) electrons. The highest BCUT2D eigenvalue weighted by Crippen LogP contribution is 2.39. The first-order chi connectivity index (χ1) is 29.0. The fraction of sp³-hybridized carbons (Fsp3) is 0.239. The van der Waals surface area contributed by atoms with E-state index in [1.54, 1.807) is 36.4 Å². The molecule has 9 rings (SSSR count). The van der Waals surface area contributed by atoms with Crippen LogP contribution < -0.4 is 24.0 Å². The smallest absolute Gasteiger partial charge is 0.261 e. The van der Waals surface area contributed by atoms with Crippen molar-refractivity contribution in [2.75, 3.05) is 36.8 Å². The number of ether oxygens (including phenoxy) is 6. The van der Waals surface area contributed by atoms with Crippen molar-refractivity contribution in [3.8, 4) is 17.2 Å². The SMILES string of the molecule is O=CCCOCOCOCOc1cc(COc2ccc3c(c2)N=C[C@@H]2Cc4ccccc4N2C3=O)cc(COc2ccc3c(c2)N=C[C@@H]2Cc4ccccc4N2C3=O)c1. The number of fused-ring (bicyclic) bond motifs is 8. The van der Waals surface area contributed by atoms with Gasteiger partial charge in [-0.25, -0.2) is 0 Å². The number of hydrogen-bond donors (Lipinski definition) is 0. The maximum Gasteiger partial charge on any atom is 0.261 e. The molecule has 13 nitrogen and oxygen atoms in total. The quantitative estimate of drug-likeness (QED) is 0.0572. The third-order valence-corrected chi connectivity index (χ3v) is 10.5. The second kappa shape index (κ2) is 17.0. The minimum absolute atomic E-state index is 0.00787. The molecule has 0 aromatic heterocycles.